The van der Waals surface area contributed by atoms with Crippen LogP contribution in [0.3, 0.4) is 0 Å². The molecule has 11 nitrogen and oxygen atoms in total. The zero-order valence-corrected chi connectivity index (χ0v) is 28.9. The summed E-state index contributed by atoms with van der Waals surface area (Å²) in [5.41, 5.74) is 2.24. The number of aromatic nitrogens is 1. The van der Waals surface area contributed by atoms with E-state index in [2.05, 4.69) is 4.74 Å². The zero-order chi connectivity index (χ0) is 34.8. The second-order valence-electron chi connectivity index (χ2n) is 11.0. The minimum Gasteiger partial charge on any atom is -0.489 e. The van der Waals surface area contributed by atoms with Crippen LogP contribution in [0.25, 0.3) is 0 Å². The van der Waals surface area contributed by atoms with Crippen molar-refractivity contribution in [2.45, 2.75) is 32.0 Å². The summed E-state index contributed by atoms with van der Waals surface area (Å²) in [6.07, 6.45) is 4.48. The summed E-state index contributed by atoms with van der Waals surface area (Å²) < 4.78 is 42.3. The average Bonchev–Trinajstić information content (AvgIpc) is 3.74. The fourth-order valence-electron chi connectivity index (χ4n) is 4.59. The molecule has 2 aliphatic rings. The van der Waals surface area contributed by atoms with E-state index in [1.807, 2.05) is 5.01 Å². The number of carbonyl (C=O) groups excluding carboxylic acids is 2. The molecule has 1 aliphatic heterocycles. The molecule has 1 aromatic heterocycles. The highest BCUT2D eigenvalue weighted by atomic mass is 35.5. The van der Waals surface area contributed by atoms with Crippen LogP contribution in [0.2, 0.25) is 10.0 Å². The fourth-order valence-corrected chi connectivity index (χ4v) is 6.11. The van der Waals surface area contributed by atoms with E-state index < -0.39 is 12.7 Å². The van der Waals surface area contributed by atoms with E-state index in [1.54, 1.807) is 50.1 Å². The smallest absolute Gasteiger partial charge is 0.387 e. The number of pyridine rings is 1. The third kappa shape index (κ3) is 10.5. The van der Waals surface area contributed by atoms with Crippen LogP contribution in [0.4, 0.5) is 14.5 Å². The molecule has 0 radical (unpaired) electrons. The number of carbonyl (C=O) groups is 2. The van der Waals surface area contributed by atoms with E-state index in [1.165, 1.54) is 47.3 Å². The number of benzene rings is 2. The molecule has 1 atom stereocenters. The minimum absolute atomic E-state index is 0.0685. The number of amides is 1. The largest absolute Gasteiger partial charge is 0.489 e. The van der Waals surface area contributed by atoms with E-state index >= 15 is 0 Å². The van der Waals surface area contributed by atoms with Crippen LogP contribution in [-0.2, 0) is 16.0 Å². The van der Waals surface area contributed by atoms with Crippen molar-refractivity contribution in [2.24, 2.45) is 5.92 Å². The van der Waals surface area contributed by atoms with Crippen LogP contribution in [0, 0.1) is 5.92 Å². The maximum Gasteiger partial charge on any atom is 0.387 e. The number of hydrogen-bond donors (Lipinski definition) is 1. The number of nitrogens with zero attached hydrogens (tertiary/aromatic N) is 4. The molecule has 3 aromatic rings. The molecule has 1 amide bonds. The van der Waals surface area contributed by atoms with Gasteiger partial charge in [0.2, 0.25) is 12.4 Å². The van der Waals surface area contributed by atoms with Gasteiger partial charge in [0.05, 0.1) is 18.2 Å². The van der Waals surface area contributed by atoms with Crippen LogP contribution in [-0.4, -0.2) is 80.1 Å². The second kappa shape index (κ2) is 17.7. The van der Waals surface area contributed by atoms with E-state index in [-0.39, 0.29) is 23.8 Å². The van der Waals surface area contributed by atoms with Gasteiger partial charge in [0.1, 0.15) is 23.3 Å². The van der Waals surface area contributed by atoms with Crippen LogP contribution in [0.5, 0.6) is 11.5 Å². The molecule has 1 saturated carbocycles. The molecule has 1 N–H and O–H groups in total. The summed E-state index contributed by atoms with van der Waals surface area (Å²) in [7, 11) is 4.88. The first-order valence-electron chi connectivity index (χ1n) is 14.9. The molecule has 1 aliphatic carbocycles. The number of thioether (sulfide) groups is 1. The van der Waals surface area contributed by atoms with Crippen LogP contribution in [0.1, 0.15) is 40.4 Å². The van der Waals surface area contributed by atoms with Crippen molar-refractivity contribution in [1.82, 2.24) is 9.91 Å². The third-order valence-electron chi connectivity index (χ3n) is 7.34. The number of alkyl halides is 2. The molecular weight excluding hydrogens is 693 g/mol. The maximum atomic E-state index is 12.7. The Bertz CT molecular complexity index is 1530. The lowest BCUT2D eigenvalue weighted by atomic mass is 10.0. The average molecular weight is 731 g/mol. The minimum atomic E-state index is -2.99. The number of hydrogen-bond acceptors (Lipinski definition) is 10. The summed E-state index contributed by atoms with van der Waals surface area (Å²) in [6, 6.07) is 11.4. The molecule has 260 valence electrons. The Balaban J connectivity index is 0.000000246. The predicted molar refractivity (Wildman–Crippen MR) is 177 cm³/mol. The van der Waals surface area contributed by atoms with E-state index in [0.717, 1.165) is 36.2 Å². The Morgan fingerprint density at radius 3 is 2.46 bits per heavy atom. The van der Waals surface area contributed by atoms with Crippen molar-refractivity contribution in [3.63, 3.8) is 0 Å². The van der Waals surface area contributed by atoms with Gasteiger partial charge in [0, 0.05) is 48.7 Å². The number of ether oxygens (including phenoxy) is 3. The van der Waals surface area contributed by atoms with Crippen LogP contribution in [0.15, 0.2) is 54.9 Å². The molecule has 2 aromatic carbocycles. The number of hydrazine groups is 1. The van der Waals surface area contributed by atoms with Gasteiger partial charge in [-0.05, 0) is 54.7 Å². The molecule has 1 saturated heterocycles. The van der Waals surface area contributed by atoms with E-state index in [0.29, 0.717) is 51.4 Å². The Labute approximate surface area is 291 Å². The highest BCUT2D eigenvalue weighted by Crippen LogP contribution is 2.37. The first-order valence-corrected chi connectivity index (χ1v) is 16.8. The van der Waals surface area contributed by atoms with Gasteiger partial charge < -0.3 is 19.1 Å². The fraction of sp³-hybridized carbons (Fsp3) is 0.406. The summed E-state index contributed by atoms with van der Waals surface area (Å²) >= 11 is 14.4. The topological polar surface area (TPSA) is 105 Å². The molecule has 2 fully saturated rings. The Morgan fingerprint density at radius 1 is 1.15 bits per heavy atom. The van der Waals surface area contributed by atoms with Gasteiger partial charge >= 0.3 is 6.61 Å². The van der Waals surface area contributed by atoms with Crippen molar-refractivity contribution in [1.29, 1.82) is 0 Å². The normalized spacial score (nSPS) is 14.9. The summed E-state index contributed by atoms with van der Waals surface area (Å²) in [4.78, 5) is 29.5. The first kappa shape index (κ1) is 37.3. The predicted octanol–water partition coefficient (Wildman–Crippen LogP) is 5.69. The van der Waals surface area contributed by atoms with Gasteiger partial charge in [-0.1, -0.05) is 35.3 Å². The van der Waals surface area contributed by atoms with Gasteiger partial charge in [-0.3, -0.25) is 19.6 Å². The summed E-state index contributed by atoms with van der Waals surface area (Å²) in [5.74, 6) is 2.18. The van der Waals surface area contributed by atoms with Crippen molar-refractivity contribution in [3.05, 3.63) is 81.6 Å². The van der Waals surface area contributed by atoms with E-state index in [9.17, 15) is 23.6 Å². The van der Waals surface area contributed by atoms with Crippen molar-refractivity contribution < 1.29 is 47.4 Å². The van der Waals surface area contributed by atoms with Crippen LogP contribution < -0.4 is 24.2 Å². The van der Waals surface area contributed by atoms with Crippen molar-refractivity contribution >= 4 is 53.0 Å². The summed E-state index contributed by atoms with van der Waals surface area (Å²) in [6.45, 7) is -1.47. The third-order valence-corrected chi connectivity index (χ3v) is 8.94. The molecule has 48 heavy (non-hydrogen) atoms. The van der Waals surface area contributed by atoms with Crippen molar-refractivity contribution in [3.8, 4) is 11.5 Å². The zero-order valence-electron chi connectivity index (χ0n) is 26.6. The van der Waals surface area contributed by atoms with Gasteiger partial charge in [0.15, 0.2) is 11.5 Å². The molecule has 2 heterocycles. The summed E-state index contributed by atoms with van der Waals surface area (Å²) in [5, 5.41) is 13.7. The SMILES string of the molecule is CN(C)C(=O)c1cccc(N(O)N2CCSC2)c1.CO[n+]1cc(Cl)c(CC(OC=O)c2ccc(OC(F)F)c(OCC3CC3)c2)c(Cl)c1. The van der Waals surface area contributed by atoms with Crippen molar-refractivity contribution in [2.75, 3.05) is 51.2 Å². The molecule has 1 unspecified atom stereocenters. The Kier molecular flexibility index (Phi) is 13.8. The molecule has 5 rings (SSSR count). The van der Waals surface area contributed by atoms with Gasteiger partial charge in [-0.25, -0.2) is 0 Å². The standard InChI is InChI=1S/C20H20Cl2F2NO5.C12H17N3O2S/c1-27-25-8-15(21)14(16(22)9-25)7-18(29-11-26)13-4-5-17(30-20(23)24)19(6-13)28-10-12-2-3-12;1-13(2)12(16)10-4-3-5-11(8-10)15(17)14-6-7-18-9-14/h4-6,8-9,11-12,18,20H,2-3,7,10H2,1H3;3-5,8,17H,6-7,9H2,1-2H3/q+1;. The lowest BCUT2D eigenvalue weighted by Crippen LogP contribution is -2.40. The number of halogens is 4. The molecule has 0 spiro atoms. The number of anilines is 1. The Hall–Kier alpha value is -3.56. The highest BCUT2D eigenvalue weighted by molar-refractivity contribution is 7.99. The first-order chi connectivity index (χ1) is 23.0. The highest BCUT2D eigenvalue weighted by Gasteiger charge is 2.26. The lowest BCUT2D eigenvalue weighted by molar-refractivity contribution is -0.885. The monoisotopic (exact) mass is 729 g/mol. The lowest BCUT2D eigenvalue weighted by Gasteiger charge is -2.26. The van der Waals surface area contributed by atoms with Crippen LogP contribution >= 0.6 is 35.0 Å². The quantitative estimate of drug-likeness (QED) is 0.126. The van der Waals surface area contributed by atoms with Gasteiger partial charge in [0.25, 0.3) is 12.4 Å². The second-order valence-corrected chi connectivity index (χ2v) is 12.9. The number of rotatable bonds is 14. The maximum absolute atomic E-state index is 12.7. The molecule has 0 bridgehead atoms. The molecular formula is C32H37Cl2F2N4O7S+. The molecule has 16 heteroatoms. The Morgan fingerprint density at radius 2 is 1.88 bits per heavy atom. The van der Waals surface area contributed by atoms with E-state index in [4.69, 9.17) is 37.5 Å². The van der Waals surface area contributed by atoms with Gasteiger partial charge in [-0.15, -0.1) is 11.8 Å². The van der Waals surface area contributed by atoms with Gasteiger partial charge in [-0.2, -0.15) is 19.0 Å².